The SMILES string of the molecule is C=S(=C)(C)NCc1cc(F)cc(-c2cncc3[nH]c(-c4[nH]nc5ncc(-c6cncc(CNCC7CCCC7)c6)cc45)cc23)c1. The Morgan fingerprint density at radius 1 is 0.867 bits per heavy atom. The van der Waals surface area contributed by atoms with Gasteiger partial charge in [0.2, 0.25) is 0 Å². The second kappa shape index (κ2) is 12.2. The van der Waals surface area contributed by atoms with Gasteiger partial charge in [0.1, 0.15) is 5.82 Å². The van der Waals surface area contributed by atoms with Gasteiger partial charge in [0.05, 0.1) is 23.1 Å². The highest BCUT2D eigenvalue weighted by molar-refractivity contribution is 8.25. The van der Waals surface area contributed by atoms with Gasteiger partial charge in [0, 0.05) is 65.3 Å². The third-order valence-corrected chi connectivity index (χ3v) is 9.32. The lowest BCUT2D eigenvalue weighted by atomic mass is 10.0. The minimum absolute atomic E-state index is 0.303. The van der Waals surface area contributed by atoms with Crippen molar-refractivity contribution in [2.24, 2.45) is 5.92 Å². The first-order chi connectivity index (χ1) is 21.8. The fourth-order valence-electron chi connectivity index (χ4n) is 6.22. The molecule has 0 radical (unpaired) electrons. The molecule has 6 aromatic rings. The number of benzene rings is 1. The molecule has 1 saturated carbocycles. The molecule has 0 bridgehead atoms. The van der Waals surface area contributed by atoms with Crippen molar-refractivity contribution in [2.45, 2.75) is 38.8 Å². The number of nitrogens with one attached hydrogen (secondary N) is 4. The number of pyridine rings is 3. The minimum Gasteiger partial charge on any atom is -0.352 e. The highest BCUT2D eigenvalue weighted by Crippen LogP contribution is 2.35. The van der Waals surface area contributed by atoms with E-state index in [0.29, 0.717) is 12.2 Å². The number of H-pyrrole nitrogens is 2. The first kappa shape index (κ1) is 29.3. The average Bonchev–Trinajstić information content (AvgIpc) is 3.79. The number of aromatic nitrogens is 6. The topological polar surface area (TPSA) is 107 Å². The van der Waals surface area contributed by atoms with Crippen LogP contribution in [0, 0.1) is 11.7 Å². The third kappa shape index (κ3) is 6.54. The molecule has 1 aromatic carbocycles. The van der Waals surface area contributed by atoms with Gasteiger partial charge in [-0.15, -0.1) is 0 Å². The zero-order valence-corrected chi connectivity index (χ0v) is 26.2. The summed E-state index contributed by atoms with van der Waals surface area (Å²) in [5, 5.41) is 13.1. The number of aromatic amines is 2. The Labute approximate surface area is 262 Å². The van der Waals surface area contributed by atoms with Gasteiger partial charge in [-0.05, 0) is 84.6 Å². The molecule has 5 heterocycles. The largest absolute Gasteiger partial charge is 0.352 e. The Balaban J connectivity index is 1.19. The lowest BCUT2D eigenvalue weighted by Gasteiger charge is -2.12. The highest BCUT2D eigenvalue weighted by atomic mass is 32.2. The summed E-state index contributed by atoms with van der Waals surface area (Å²) in [5.41, 5.74) is 8.67. The van der Waals surface area contributed by atoms with E-state index in [4.69, 9.17) is 0 Å². The lowest BCUT2D eigenvalue weighted by molar-refractivity contribution is 0.489. The molecular weight excluding hydrogens is 584 g/mol. The van der Waals surface area contributed by atoms with Crippen LogP contribution in [0.4, 0.5) is 4.39 Å². The molecule has 7 rings (SSSR count). The van der Waals surface area contributed by atoms with Gasteiger partial charge in [0.25, 0.3) is 0 Å². The van der Waals surface area contributed by atoms with Crippen LogP contribution in [-0.4, -0.2) is 54.7 Å². The van der Waals surface area contributed by atoms with Crippen molar-refractivity contribution in [3.8, 4) is 33.6 Å². The van der Waals surface area contributed by atoms with Gasteiger partial charge in [0.15, 0.2) is 5.65 Å². The molecule has 8 nitrogen and oxygen atoms in total. The van der Waals surface area contributed by atoms with Crippen molar-refractivity contribution in [1.82, 2.24) is 40.2 Å². The predicted octanol–water partition coefficient (Wildman–Crippen LogP) is 6.95. The molecule has 230 valence electrons. The monoisotopic (exact) mass is 620 g/mol. The van der Waals surface area contributed by atoms with Crippen LogP contribution in [0.25, 0.3) is 55.6 Å². The van der Waals surface area contributed by atoms with Gasteiger partial charge in [-0.3, -0.25) is 19.8 Å². The molecule has 4 N–H and O–H groups in total. The summed E-state index contributed by atoms with van der Waals surface area (Å²) in [6.07, 6.45) is 16.5. The maximum atomic E-state index is 14.8. The summed E-state index contributed by atoms with van der Waals surface area (Å²) >= 11 is 0. The molecule has 0 spiro atoms. The third-order valence-electron chi connectivity index (χ3n) is 8.48. The van der Waals surface area contributed by atoms with Crippen molar-refractivity contribution in [3.05, 3.63) is 84.3 Å². The van der Waals surface area contributed by atoms with Crippen LogP contribution >= 0.6 is 9.39 Å². The summed E-state index contributed by atoms with van der Waals surface area (Å²) in [5.74, 6) is 8.62. The van der Waals surface area contributed by atoms with E-state index in [1.165, 1.54) is 31.7 Å². The smallest absolute Gasteiger partial charge is 0.181 e. The second-order valence-corrected chi connectivity index (χ2v) is 15.2. The van der Waals surface area contributed by atoms with Crippen molar-refractivity contribution < 1.29 is 4.39 Å². The standard InChI is InChI=1S/C35H37FN8S/c1-45(2,3)41-17-23-8-25(11-28(36)10-23)31-20-39-21-33-29(31)13-32(42-33)34-30-12-27(19-40-35(30)44-43-34)26-9-24(16-38-18-26)15-37-14-22-6-4-5-7-22/h8-13,16,18-22,37,41-42H,1-2,4-7,14-15,17H2,3H3,(H,40,43,44). The van der Waals surface area contributed by atoms with E-state index >= 15 is 0 Å². The summed E-state index contributed by atoms with van der Waals surface area (Å²) in [7, 11) is -1.43. The Hall–Kier alpha value is -4.38. The van der Waals surface area contributed by atoms with Crippen LogP contribution in [0.5, 0.6) is 0 Å². The molecule has 0 aliphatic heterocycles. The fourth-order valence-corrected chi connectivity index (χ4v) is 6.74. The number of hydrogen-bond acceptors (Lipinski definition) is 6. The summed E-state index contributed by atoms with van der Waals surface area (Å²) in [4.78, 5) is 17.1. The molecule has 45 heavy (non-hydrogen) atoms. The first-order valence-corrected chi connectivity index (χ1v) is 17.6. The van der Waals surface area contributed by atoms with Gasteiger partial charge < -0.3 is 10.3 Å². The first-order valence-electron chi connectivity index (χ1n) is 15.2. The number of rotatable bonds is 10. The highest BCUT2D eigenvalue weighted by Gasteiger charge is 2.17. The molecule has 1 fully saturated rings. The maximum absolute atomic E-state index is 14.8. The van der Waals surface area contributed by atoms with Gasteiger partial charge >= 0.3 is 0 Å². The molecule has 0 unspecified atom stereocenters. The lowest BCUT2D eigenvalue weighted by Crippen LogP contribution is -2.20. The van der Waals surface area contributed by atoms with E-state index in [9.17, 15) is 4.39 Å². The Kier molecular flexibility index (Phi) is 7.95. The van der Waals surface area contributed by atoms with Crippen LogP contribution in [0.1, 0.15) is 36.8 Å². The molecule has 10 heteroatoms. The molecule has 1 aliphatic carbocycles. The predicted molar refractivity (Wildman–Crippen MR) is 186 cm³/mol. The quantitative estimate of drug-likeness (QED) is 0.124. The van der Waals surface area contributed by atoms with E-state index < -0.39 is 9.39 Å². The summed E-state index contributed by atoms with van der Waals surface area (Å²) in [6, 6.07) is 11.4. The van der Waals surface area contributed by atoms with Crippen LogP contribution in [0.2, 0.25) is 0 Å². The average molecular weight is 621 g/mol. The number of halogens is 1. The van der Waals surface area contributed by atoms with Crippen molar-refractivity contribution >= 4 is 43.1 Å². The Morgan fingerprint density at radius 3 is 2.51 bits per heavy atom. The van der Waals surface area contributed by atoms with Crippen LogP contribution in [0.15, 0.2) is 67.4 Å². The van der Waals surface area contributed by atoms with E-state index in [0.717, 1.165) is 80.1 Å². The zero-order chi connectivity index (χ0) is 31.0. The molecule has 0 amide bonds. The minimum atomic E-state index is -1.43. The number of nitrogens with zero attached hydrogens (tertiary/aromatic N) is 4. The van der Waals surface area contributed by atoms with E-state index in [1.807, 2.05) is 30.9 Å². The number of fused-ring (bicyclic) bond motifs is 2. The van der Waals surface area contributed by atoms with Gasteiger partial charge in [-0.2, -0.15) is 14.5 Å². The van der Waals surface area contributed by atoms with Crippen LogP contribution in [0.3, 0.4) is 0 Å². The van der Waals surface area contributed by atoms with E-state index in [-0.39, 0.29) is 5.82 Å². The van der Waals surface area contributed by atoms with E-state index in [2.05, 4.69) is 70.1 Å². The van der Waals surface area contributed by atoms with E-state index in [1.54, 1.807) is 18.5 Å². The fraction of sp³-hybridized carbons (Fsp3) is 0.257. The van der Waals surface area contributed by atoms with Crippen LogP contribution in [-0.2, 0) is 13.1 Å². The second-order valence-electron chi connectivity index (χ2n) is 12.3. The summed E-state index contributed by atoms with van der Waals surface area (Å²) in [6.45, 7) is 2.34. The molecule has 1 aliphatic rings. The Morgan fingerprint density at radius 2 is 1.67 bits per heavy atom. The molecule has 0 saturated heterocycles. The van der Waals surface area contributed by atoms with Crippen LogP contribution < -0.4 is 10.0 Å². The zero-order valence-electron chi connectivity index (χ0n) is 25.4. The molecule has 0 atom stereocenters. The summed E-state index contributed by atoms with van der Waals surface area (Å²) < 4.78 is 18.1. The molecular formula is C35H37FN8S. The van der Waals surface area contributed by atoms with Gasteiger partial charge in [-0.25, -0.2) is 9.37 Å². The Bertz CT molecular complexity index is 2110. The maximum Gasteiger partial charge on any atom is 0.181 e. The normalized spacial score (nSPS) is 14.2. The van der Waals surface area contributed by atoms with Crippen molar-refractivity contribution in [3.63, 3.8) is 0 Å². The molecule has 5 aromatic heterocycles. The number of hydrogen-bond donors (Lipinski definition) is 4. The van der Waals surface area contributed by atoms with Crippen molar-refractivity contribution in [1.29, 1.82) is 0 Å². The van der Waals surface area contributed by atoms with Crippen molar-refractivity contribution in [2.75, 3.05) is 12.8 Å². The van der Waals surface area contributed by atoms with Gasteiger partial charge in [-0.1, -0.05) is 24.6 Å².